The van der Waals surface area contributed by atoms with Gasteiger partial charge in [-0.1, -0.05) is 11.6 Å². The Balaban J connectivity index is 2.61. The number of nitrogens with zero attached hydrogens (tertiary/aromatic N) is 1. The van der Waals surface area contributed by atoms with E-state index in [9.17, 15) is 0 Å². The highest BCUT2D eigenvalue weighted by Gasteiger charge is 2.12. The van der Waals surface area contributed by atoms with Crippen LogP contribution in [0.3, 0.4) is 0 Å². The van der Waals surface area contributed by atoms with Crippen LogP contribution < -0.4 is 5.73 Å². The third-order valence-corrected chi connectivity index (χ3v) is 3.16. The van der Waals surface area contributed by atoms with Gasteiger partial charge in [0.05, 0.1) is 0 Å². The second-order valence-corrected chi connectivity index (χ2v) is 5.42. The van der Waals surface area contributed by atoms with E-state index in [1.807, 2.05) is 19.1 Å². The maximum atomic E-state index is 6.03. The lowest BCUT2D eigenvalue weighted by molar-refractivity contribution is 0.576. The Kier molecular flexibility index (Phi) is 3.45. The summed E-state index contributed by atoms with van der Waals surface area (Å²) >= 11 is 6.03. The van der Waals surface area contributed by atoms with Crippen molar-refractivity contribution in [1.29, 1.82) is 0 Å². The Morgan fingerprint density at radius 1 is 1.24 bits per heavy atom. The SMILES string of the molecule is CC(N)Cc1cc2cc(Cl)ccc2n1C(C)C. The summed E-state index contributed by atoms with van der Waals surface area (Å²) in [7, 11) is 0. The summed E-state index contributed by atoms with van der Waals surface area (Å²) < 4.78 is 2.34. The van der Waals surface area contributed by atoms with Gasteiger partial charge in [-0.15, -0.1) is 0 Å². The predicted molar refractivity (Wildman–Crippen MR) is 74.7 cm³/mol. The molecular weight excluding hydrogens is 232 g/mol. The summed E-state index contributed by atoms with van der Waals surface area (Å²) in [6.45, 7) is 6.42. The third-order valence-electron chi connectivity index (χ3n) is 2.93. The van der Waals surface area contributed by atoms with E-state index in [0.717, 1.165) is 11.4 Å². The summed E-state index contributed by atoms with van der Waals surface area (Å²) in [5.74, 6) is 0. The third kappa shape index (κ3) is 2.48. The standard InChI is InChI=1S/C14H19ClN2/c1-9(2)17-13(6-10(3)16)8-11-7-12(15)4-5-14(11)17/h4-5,7-10H,6,16H2,1-3H3. The fraction of sp³-hybridized carbons (Fsp3) is 0.429. The zero-order valence-electron chi connectivity index (χ0n) is 10.6. The maximum absolute atomic E-state index is 6.03. The molecule has 0 aliphatic rings. The number of hydrogen-bond donors (Lipinski definition) is 1. The lowest BCUT2D eigenvalue weighted by Gasteiger charge is -2.16. The molecule has 1 aromatic carbocycles. The highest BCUT2D eigenvalue weighted by Crippen LogP contribution is 2.27. The Morgan fingerprint density at radius 2 is 1.94 bits per heavy atom. The summed E-state index contributed by atoms with van der Waals surface area (Å²) in [5, 5.41) is 1.98. The average molecular weight is 251 g/mol. The van der Waals surface area contributed by atoms with Crippen LogP contribution in [-0.2, 0) is 6.42 Å². The van der Waals surface area contributed by atoms with Gasteiger partial charge in [0.15, 0.2) is 0 Å². The summed E-state index contributed by atoms with van der Waals surface area (Å²) in [4.78, 5) is 0. The molecule has 0 radical (unpaired) electrons. The van der Waals surface area contributed by atoms with Gasteiger partial charge in [0.1, 0.15) is 0 Å². The van der Waals surface area contributed by atoms with Gasteiger partial charge < -0.3 is 10.3 Å². The molecule has 2 rings (SSSR count). The van der Waals surface area contributed by atoms with Crippen molar-refractivity contribution in [3.05, 3.63) is 35.0 Å². The Hall–Kier alpha value is -0.990. The summed E-state index contributed by atoms with van der Waals surface area (Å²) in [6.07, 6.45) is 0.893. The van der Waals surface area contributed by atoms with Crippen LogP contribution in [0.1, 0.15) is 32.5 Å². The molecule has 0 saturated heterocycles. The number of hydrogen-bond acceptors (Lipinski definition) is 1. The number of fused-ring (bicyclic) bond motifs is 1. The normalized spacial score (nSPS) is 13.5. The molecule has 0 saturated carbocycles. The average Bonchev–Trinajstić information content (AvgIpc) is 2.53. The number of nitrogens with two attached hydrogens (primary N) is 1. The zero-order valence-corrected chi connectivity index (χ0v) is 11.3. The van der Waals surface area contributed by atoms with E-state index in [-0.39, 0.29) is 6.04 Å². The van der Waals surface area contributed by atoms with E-state index in [2.05, 4.69) is 30.5 Å². The van der Waals surface area contributed by atoms with Crippen LogP contribution in [0.5, 0.6) is 0 Å². The van der Waals surface area contributed by atoms with Crippen LogP contribution in [0.25, 0.3) is 10.9 Å². The molecule has 3 heteroatoms. The molecule has 92 valence electrons. The van der Waals surface area contributed by atoms with Gasteiger partial charge in [0.25, 0.3) is 0 Å². The van der Waals surface area contributed by atoms with E-state index < -0.39 is 0 Å². The molecule has 17 heavy (non-hydrogen) atoms. The van der Waals surface area contributed by atoms with Gasteiger partial charge in [-0.05, 0) is 45.0 Å². The van der Waals surface area contributed by atoms with E-state index in [0.29, 0.717) is 6.04 Å². The molecule has 1 aromatic heterocycles. The number of aromatic nitrogens is 1. The molecule has 0 fully saturated rings. The molecule has 2 aromatic rings. The highest BCUT2D eigenvalue weighted by atomic mass is 35.5. The minimum absolute atomic E-state index is 0.173. The minimum atomic E-state index is 0.173. The summed E-state index contributed by atoms with van der Waals surface area (Å²) in [6, 6.07) is 8.85. The van der Waals surface area contributed by atoms with Gasteiger partial charge >= 0.3 is 0 Å². The number of halogens is 1. The Morgan fingerprint density at radius 3 is 2.53 bits per heavy atom. The van der Waals surface area contributed by atoms with Gasteiger partial charge in [-0.2, -0.15) is 0 Å². The largest absolute Gasteiger partial charge is 0.342 e. The number of rotatable bonds is 3. The van der Waals surface area contributed by atoms with Crippen LogP contribution in [0, 0.1) is 0 Å². The van der Waals surface area contributed by atoms with Crippen molar-refractivity contribution >= 4 is 22.5 Å². The molecule has 1 unspecified atom stereocenters. The minimum Gasteiger partial charge on any atom is -0.342 e. The maximum Gasteiger partial charge on any atom is 0.0485 e. The van der Waals surface area contributed by atoms with Crippen LogP contribution in [-0.4, -0.2) is 10.6 Å². The highest BCUT2D eigenvalue weighted by molar-refractivity contribution is 6.31. The van der Waals surface area contributed by atoms with Crippen molar-refractivity contribution in [1.82, 2.24) is 4.57 Å². The first-order valence-corrected chi connectivity index (χ1v) is 6.41. The van der Waals surface area contributed by atoms with Crippen molar-refractivity contribution in [2.24, 2.45) is 5.73 Å². The predicted octanol–water partition coefficient (Wildman–Crippen LogP) is 3.77. The lowest BCUT2D eigenvalue weighted by atomic mass is 10.2. The van der Waals surface area contributed by atoms with Crippen LogP contribution in [0.15, 0.2) is 24.3 Å². The summed E-state index contributed by atoms with van der Waals surface area (Å²) in [5.41, 5.74) is 8.43. The van der Waals surface area contributed by atoms with Crippen LogP contribution in [0.4, 0.5) is 0 Å². The van der Waals surface area contributed by atoms with Gasteiger partial charge in [0.2, 0.25) is 0 Å². The molecule has 2 N–H and O–H groups in total. The molecule has 2 nitrogen and oxygen atoms in total. The molecule has 1 heterocycles. The van der Waals surface area contributed by atoms with E-state index in [1.165, 1.54) is 16.6 Å². The molecule has 1 atom stereocenters. The van der Waals surface area contributed by atoms with Crippen molar-refractivity contribution in [3.8, 4) is 0 Å². The first-order chi connectivity index (χ1) is 7.99. The second kappa shape index (κ2) is 4.71. The first-order valence-electron chi connectivity index (χ1n) is 6.04. The fourth-order valence-corrected chi connectivity index (χ4v) is 2.54. The molecule has 0 aliphatic heterocycles. The van der Waals surface area contributed by atoms with E-state index in [1.54, 1.807) is 0 Å². The first kappa shape index (κ1) is 12.5. The quantitative estimate of drug-likeness (QED) is 0.884. The molecule has 0 amide bonds. The van der Waals surface area contributed by atoms with Gasteiger partial charge in [-0.3, -0.25) is 0 Å². The molecule has 0 spiro atoms. The van der Waals surface area contributed by atoms with Crippen molar-refractivity contribution in [2.75, 3.05) is 0 Å². The van der Waals surface area contributed by atoms with Crippen molar-refractivity contribution in [2.45, 2.75) is 39.3 Å². The monoisotopic (exact) mass is 250 g/mol. The zero-order chi connectivity index (χ0) is 12.6. The topological polar surface area (TPSA) is 30.9 Å². The number of benzene rings is 1. The van der Waals surface area contributed by atoms with Crippen LogP contribution in [0.2, 0.25) is 5.02 Å². The molecule has 0 bridgehead atoms. The molecule has 0 aliphatic carbocycles. The lowest BCUT2D eigenvalue weighted by Crippen LogP contribution is -2.20. The van der Waals surface area contributed by atoms with Gasteiger partial charge in [0, 0.05) is 40.1 Å². The van der Waals surface area contributed by atoms with Crippen molar-refractivity contribution < 1.29 is 0 Å². The Labute approximate surface area is 107 Å². The smallest absolute Gasteiger partial charge is 0.0485 e. The van der Waals surface area contributed by atoms with Gasteiger partial charge in [-0.25, -0.2) is 0 Å². The van der Waals surface area contributed by atoms with Crippen LogP contribution >= 0.6 is 11.6 Å². The van der Waals surface area contributed by atoms with E-state index >= 15 is 0 Å². The van der Waals surface area contributed by atoms with E-state index in [4.69, 9.17) is 17.3 Å². The molecular formula is C14H19ClN2. The Bertz CT molecular complexity index is 526. The van der Waals surface area contributed by atoms with Crippen molar-refractivity contribution in [3.63, 3.8) is 0 Å². The second-order valence-electron chi connectivity index (χ2n) is 4.98. The fourth-order valence-electron chi connectivity index (χ4n) is 2.36.